The first-order valence-electron chi connectivity index (χ1n) is 3.90. The summed E-state index contributed by atoms with van der Waals surface area (Å²) in [6, 6.07) is 0. The maximum atomic E-state index is 5.24. The topological polar surface area (TPSA) is 15.6 Å². The molecule has 12 heavy (non-hydrogen) atoms. The van der Waals surface area contributed by atoms with Crippen molar-refractivity contribution in [1.82, 2.24) is 4.90 Å². The van der Waals surface area contributed by atoms with E-state index < -0.39 is 0 Å². The van der Waals surface area contributed by atoms with Gasteiger partial charge in [-0.3, -0.25) is 4.99 Å². The van der Waals surface area contributed by atoms with Gasteiger partial charge in [-0.1, -0.05) is 35.7 Å². The zero-order valence-electron chi connectivity index (χ0n) is 6.98. The van der Waals surface area contributed by atoms with Gasteiger partial charge in [-0.05, 0) is 13.8 Å². The second-order valence-electron chi connectivity index (χ2n) is 2.72. The van der Waals surface area contributed by atoms with Crippen molar-refractivity contribution >= 4 is 45.1 Å². The van der Waals surface area contributed by atoms with Gasteiger partial charge in [0.05, 0.1) is 5.04 Å². The van der Waals surface area contributed by atoms with E-state index in [2.05, 4.69) is 23.7 Å². The van der Waals surface area contributed by atoms with Crippen molar-refractivity contribution in [2.24, 2.45) is 4.99 Å². The van der Waals surface area contributed by atoms with E-state index in [4.69, 9.17) is 12.2 Å². The standard InChI is InChI=1S/C7H10N2S3/c1-3-9-6-5(12-7(9)10)8-4(2)11-6/h5-6H,3H2,1-2H3/t5-,6+/m0/s1. The lowest BCUT2D eigenvalue weighted by molar-refractivity contribution is 0.440. The number of hydrogen-bond acceptors (Lipinski definition) is 4. The first-order chi connectivity index (χ1) is 5.72. The molecule has 2 heterocycles. The Labute approximate surface area is 86.2 Å². The van der Waals surface area contributed by atoms with Crippen molar-refractivity contribution in [3.63, 3.8) is 0 Å². The summed E-state index contributed by atoms with van der Waals surface area (Å²) in [5, 5.41) is 2.04. The van der Waals surface area contributed by atoms with Gasteiger partial charge in [0.25, 0.3) is 0 Å². The molecule has 0 amide bonds. The molecule has 2 aliphatic rings. The van der Waals surface area contributed by atoms with Crippen LogP contribution in [0.3, 0.4) is 0 Å². The molecule has 0 aromatic carbocycles. The Hall–Kier alpha value is 0.260. The zero-order valence-corrected chi connectivity index (χ0v) is 9.43. The summed E-state index contributed by atoms with van der Waals surface area (Å²) in [6.45, 7) is 5.21. The van der Waals surface area contributed by atoms with Gasteiger partial charge >= 0.3 is 0 Å². The Kier molecular flexibility index (Phi) is 2.35. The molecule has 0 unspecified atom stereocenters. The number of thiocarbonyl (C=S) groups is 1. The van der Waals surface area contributed by atoms with Crippen molar-refractivity contribution in [2.75, 3.05) is 6.54 Å². The van der Waals surface area contributed by atoms with Crippen molar-refractivity contribution in [3.8, 4) is 0 Å². The molecule has 1 saturated heterocycles. The van der Waals surface area contributed by atoms with Gasteiger partial charge < -0.3 is 4.90 Å². The fourth-order valence-corrected chi connectivity index (χ4v) is 4.61. The smallest absolute Gasteiger partial charge is 0.139 e. The predicted molar refractivity (Wildman–Crippen MR) is 60.8 cm³/mol. The van der Waals surface area contributed by atoms with Crippen molar-refractivity contribution < 1.29 is 0 Å². The summed E-state index contributed by atoms with van der Waals surface area (Å²) in [7, 11) is 0. The fraction of sp³-hybridized carbons (Fsp3) is 0.714. The number of hydrogen-bond donors (Lipinski definition) is 0. The normalized spacial score (nSPS) is 34.0. The van der Waals surface area contributed by atoms with Gasteiger partial charge in [-0.25, -0.2) is 0 Å². The number of likely N-dealkylation sites (N-methyl/N-ethyl adjacent to an activating group) is 1. The van der Waals surface area contributed by atoms with Crippen LogP contribution in [0.2, 0.25) is 0 Å². The predicted octanol–water partition coefficient (Wildman–Crippen LogP) is 2.16. The Bertz CT molecular complexity index is 251. The maximum Gasteiger partial charge on any atom is 0.139 e. The van der Waals surface area contributed by atoms with Crippen molar-refractivity contribution in [3.05, 3.63) is 0 Å². The van der Waals surface area contributed by atoms with E-state index in [1.807, 2.05) is 11.8 Å². The van der Waals surface area contributed by atoms with Gasteiger partial charge in [0.15, 0.2) is 0 Å². The van der Waals surface area contributed by atoms with E-state index in [0.717, 1.165) is 10.9 Å². The third-order valence-electron chi connectivity index (χ3n) is 1.95. The number of rotatable bonds is 1. The third kappa shape index (κ3) is 1.28. The lowest BCUT2D eigenvalue weighted by Gasteiger charge is -2.20. The fourth-order valence-electron chi connectivity index (χ4n) is 1.39. The van der Waals surface area contributed by atoms with Crippen LogP contribution in [0.4, 0.5) is 0 Å². The van der Waals surface area contributed by atoms with Gasteiger partial charge in [0.2, 0.25) is 0 Å². The highest BCUT2D eigenvalue weighted by Crippen LogP contribution is 2.43. The van der Waals surface area contributed by atoms with Crippen LogP contribution in [0, 0.1) is 0 Å². The minimum Gasteiger partial charge on any atom is -0.342 e. The molecule has 5 heteroatoms. The Morgan fingerprint density at radius 2 is 2.33 bits per heavy atom. The maximum absolute atomic E-state index is 5.24. The van der Waals surface area contributed by atoms with E-state index in [0.29, 0.717) is 10.7 Å². The molecule has 2 rings (SSSR count). The molecular weight excluding hydrogens is 208 g/mol. The van der Waals surface area contributed by atoms with E-state index in [9.17, 15) is 0 Å². The van der Waals surface area contributed by atoms with Crippen LogP contribution in [-0.4, -0.2) is 31.6 Å². The highest BCUT2D eigenvalue weighted by molar-refractivity contribution is 8.25. The molecule has 2 nitrogen and oxygen atoms in total. The van der Waals surface area contributed by atoms with Crippen LogP contribution in [-0.2, 0) is 0 Å². The molecule has 0 N–H and O–H groups in total. The Morgan fingerprint density at radius 1 is 1.58 bits per heavy atom. The molecule has 0 spiro atoms. The molecule has 0 radical (unpaired) electrons. The number of nitrogens with zero attached hydrogens (tertiary/aromatic N) is 2. The number of thioether (sulfide) groups is 2. The summed E-state index contributed by atoms with van der Waals surface area (Å²) in [5.41, 5.74) is 0. The summed E-state index contributed by atoms with van der Waals surface area (Å²) < 4.78 is 1.01. The summed E-state index contributed by atoms with van der Waals surface area (Å²) in [6.07, 6.45) is 0. The summed E-state index contributed by atoms with van der Waals surface area (Å²) >= 11 is 8.80. The Morgan fingerprint density at radius 3 is 3.00 bits per heavy atom. The summed E-state index contributed by atoms with van der Waals surface area (Å²) in [4.78, 5) is 6.77. The van der Waals surface area contributed by atoms with Gasteiger partial charge in [-0.2, -0.15) is 0 Å². The molecule has 2 atom stereocenters. The molecule has 66 valence electrons. The van der Waals surface area contributed by atoms with Crippen LogP contribution in [0.1, 0.15) is 13.8 Å². The molecule has 0 bridgehead atoms. The summed E-state index contributed by atoms with van der Waals surface area (Å²) in [5.74, 6) is 0. The van der Waals surface area contributed by atoms with Gasteiger partial charge in [-0.15, -0.1) is 0 Å². The van der Waals surface area contributed by atoms with Gasteiger partial charge in [0.1, 0.15) is 15.1 Å². The van der Waals surface area contributed by atoms with Crippen LogP contribution < -0.4 is 0 Å². The lowest BCUT2D eigenvalue weighted by atomic mass is 10.5. The molecule has 2 aliphatic heterocycles. The van der Waals surface area contributed by atoms with Crippen LogP contribution >= 0.6 is 35.7 Å². The molecule has 0 aromatic rings. The minimum absolute atomic E-state index is 0.363. The average molecular weight is 218 g/mol. The zero-order chi connectivity index (χ0) is 8.72. The second kappa shape index (κ2) is 3.20. The van der Waals surface area contributed by atoms with Crippen LogP contribution in [0.15, 0.2) is 4.99 Å². The molecule has 1 fully saturated rings. The molecule has 0 aromatic heterocycles. The number of aliphatic imine (C=N–C) groups is 1. The minimum atomic E-state index is 0.363. The van der Waals surface area contributed by atoms with E-state index in [1.165, 1.54) is 5.04 Å². The second-order valence-corrected chi connectivity index (χ2v) is 5.78. The van der Waals surface area contributed by atoms with Crippen molar-refractivity contribution in [2.45, 2.75) is 24.6 Å². The monoisotopic (exact) mass is 218 g/mol. The first kappa shape index (κ1) is 8.84. The Balaban J connectivity index is 2.18. The van der Waals surface area contributed by atoms with E-state index in [-0.39, 0.29) is 0 Å². The van der Waals surface area contributed by atoms with Crippen LogP contribution in [0.5, 0.6) is 0 Å². The highest BCUT2D eigenvalue weighted by Gasteiger charge is 2.41. The third-order valence-corrected chi connectivity index (χ3v) is 4.88. The quantitative estimate of drug-likeness (QED) is 0.626. The number of fused-ring (bicyclic) bond motifs is 1. The molecule has 0 aliphatic carbocycles. The first-order valence-corrected chi connectivity index (χ1v) is 6.07. The highest BCUT2D eigenvalue weighted by atomic mass is 32.2. The van der Waals surface area contributed by atoms with E-state index in [1.54, 1.807) is 11.8 Å². The average Bonchev–Trinajstić information content (AvgIpc) is 2.43. The molecule has 0 saturated carbocycles. The largest absolute Gasteiger partial charge is 0.342 e. The SMILES string of the molecule is CCN1C(=S)S[C@@H]2N=C(C)S[C@H]21. The van der Waals surface area contributed by atoms with Crippen LogP contribution in [0.25, 0.3) is 0 Å². The van der Waals surface area contributed by atoms with Crippen molar-refractivity contribution in [1.29, 1.82) is 0 Å². The molecular formula is C7H10N2S3. The van der Waals surface area contributed by atoms with E-state index >= 15 is 0 Å². The lowest BCUT2D eigenvalue weighted by Crippen LogP contribution is -2.31. The van der Waals surface area contributed by atoms with Gasteiger partial charge in [0, 0.05) is 6.54 Å².